The van der Waals surface area contributed by atoms with Gasteiger partial charge in [-0.15, -0.1) is 0 Å². The monoisotopic (exact) mass is 160 g/mol. The summed E-state index contributed by atoms with van der Waals surface area (Å²) in [6, 6.07) is 0.445. The lowest BCUT2D eigenvalue weighted by Gasteiger charge is -2.35. The van der Waals surface area contributed by atoms with Gasteiger partial charge in [0.05, 0.1) is 0 Å². The fourth-order valence-corrected chi connectivity index (χ4v) is 1.53. The Morgan fingerprint density at radius 1 is 1.45 bits per heavy atom. The molecule has 0 aromatic carbocycles. The number of hydrogen-bond acceptors (Lipinski definition) is 2. The third-order valence-corrected chi connectivity index (χ3v) is 2.19. The average Bonchev–Trinajstić information content (AvgIpc) is 1.85. The van der Waals surface area contributed by atoms with E-state index in [2.05, 4.69) is 18.7 Å². The molecule has 3 heteroatoms. The van der Waals surface area contributed by atoms with E-state index in [9.17, 15) is 4.39 Å². The van der Waals surface area contributed by atoms with Crippen molar-refractivity contribution >= 4 is 0 Å². The van der Waals surface area contributed by atoms with Gasteiger partial charge >= 0.3 is 0 Å². The first-order chi connectivity index (χ1) is 5.09. The van der Waals surface area contributed by atoms with E-state index < -0.39 is 6.17 Å². The molecule has 0 aromatic heterocycles. The van der Waals surface area contributed by atoms with Gasteiger partial charge in [-0.25, -0.2) is 4.39 Å². The van der Waals surface area contributed by atoms with Crippen molar-refractivity contribution in [1.82, 2.24) is 4.90 Å². The molecule has 0 aromatic rings. The van der Waals surface area contributed by atoms with Crippen molar-refractivity contribution in [3.63, 3.8) is 0 Å². The number of piperidine rings is 1. The number of alkyl halides is 1. The summed E-state index contributed by atoms with van der Waals surface area (Å²) in [6.45, 7) is 5.55. The Morgan fingerprint density at radius 3 is 2.55 bits per heavy atom. The summed E-state index contributed by atoms with van der Waals surface area (Å²) in [5.74, 6) is 0. The first-order valence-corrected chi connectivity index (χ1v) is 4.23. The van der Waals surface area contributed by atoms with E-state index in [4.69, 9.17) is 5.73 Å². The van der Waals surface area contributed by atoms with Crippen molar-refractivity contribution in [2.75, 3.05) is 13.1 Å². The van der Waals surface area contributed by atoms with Gasteiger partial charge in [0.2, 0.25) is 0 Å². The number of nitrogens with two attached hydrogens (primary N) is 1. The molecular formula is C8H17FN2. The van der Waals surface area contributed by atoms with Gasteiger partial charge in [-0.3, -0.25) is 4.90 Å². The fourth-order valence-electron chi connectivity index (χ4n) is 1.53. The number of halogens is 1. The summed E-state index contributed by atoms with van der Waals surface area (Å²) >= 11 is 0. The second-order valence-electron chi connectivity index (χ2n) is 3.64. The molecule has 0 unspecified atom stereocenters. The molecule has 1 fully saturated rings. The highest BCUT2D eigenvalue weighted by Crippen LogP contribution is 2.14. The Hall–Kier alpha value is -0.150. The largest absolute Gasteiger partial charge is 0.326 e. The van der Waals surface area contributed by atoms with Gasteiger partial charge in [0.1, 0.15) is 6.17 Å². The smallest absolute Gasteiger partial charge is 0.114 e. The van der Waals surface area contributed by atoms with Crippen molar-refractivity contribution in [2.24, 2.45) is 5.73 Å². The van der Waals surface area contributed by atoms with Crippen LogP contribution in [0.4, 0.5) is 4.39 Å². The van der Waals surface area contributed by atoms with E-state index in [-0.39, 0.29) is 6.04 Å². The van der Waals surface area contributed by atoms with Crippen molar-refractivity contribution in [3.8, 4) is 0 Å². The second-order valence-corrected chi connectivity index (χ2v) is 3.64. The van der Waals surface area contributed by atoms with Crippen molar-refractivity contribution in [2.45, 2.75) is 38.5 Å². The number of rotatable bonds is 1. The van der Waals surface area contributed by atoms with Crippen molar-refractivity contribution in [3.05, 3.63) is 0 Å². The van der Waals surface area contributed by atoms with E-state index in [0.717, 1.165) is 6.54 Å². The molecule has 2 N–H and O–H groups in total. The molecule has 2 atom stereocenters. The van der Waals surface area contributed by atoms with E-state index in [1.54, 1.807) is 0 Å². The van der Waals surface area contributed by atoms with Crippen LogP contribution in [-0.4, -0.2) is 36.2 Å². The molecular weight excluding hydrogens is 143 g/mol. The highest BCUT2D eigenvalue weighted by Gasteiger charge is 2.25. The van der Waals surface area contributed by atoms with Crippen LogP contribution in [0, 0.1) is 0 Å². The lowest BCUT2D eigenvalue weighted by Crippen LogP contribution is -2.50. The normalized spacial score (nSPS) is 34.6. The minimum Gasteiger partial charge on any atom is -0.326 e. The first kappa shape index (κ1) is 8.94. The maximum Gasteiger partial charge on any atom is 0.114 e. The van der Waals surface area contributed by atoms with E-state index >= 15 is 0 Å². The van der Waals surface area contributed by atoms with Crippen LogP contribution in [0.25, 0.3) is 0 Å². The standard InChI is InChI=1S/C8H17FN2/c1-6(2)11-4-7(9)3-8(10)5-11/h6-8H,3-5,10H2,1-2H3/t7-,8-/m0/s1. The van der Waals surface area contributed by atoms with Crippen LogP contribution in [0.5, 0.6) is 0 Å². The van der Waals surface area contributed by atoms with Crippen LogP contribution in [0.2, 0.25) is 0 Å². The predicted molar refractivity (Wildman–Crippen MR) is 44.2 cm³/mol. The number of nitrogens with zero attached hydrogens (tertiary/aromatic N) is 1. The zero-order chi connectivity index (χ0) is 8.43. The Kier molecular flexibility index (Phi) is 2.84. The Bertz CT molecular complexity index is 117. The molecule has 2 nitrogen and oxygen atoms in total. The lowest BCUT2D eigenvalue weighted by molar-refractivity contribution is 0.0987. The third kappa shape index (κ3) is 2.42. The SMILES string of the molecule is CC(C)N1C[C@@H](N)C[C@H](F)C1. The van der Waals surface area contributed by atoms with Gasteiger partial charge < -0.3 is 5.73 Å². The highest BCUT2D eigenvalue weighted by atomic mass is 19.1. The summed E-state index contributed by atoms with van der Waals surface area (Å²) in [5, 5.41) is 0. The molecule has 0 radical (unpaired) electrons. The topological polar surface area (TPSA) is 29.3 Å². The van der Waals surface area contributed by atoms with E-state index in [1.165, 1.54) is 0 Å². The summed E-state index contributed by atoms with van der Waals surface area (Å²) in [6.07, 6.45) is -0.190. The summed E-state index contributed by atoms with van der Waals surface area (Å²) in [4.78, 5) is 2.10. The Labute approximate surface area is 67.6 Å². The molecule has 1 rings (SSSR count). The van der Waals surface area contributed by atoms with Gasteiger partial charge in [0, 0.05) is 25.2 Å². The fraction of sp³-hybridized carbons (Fsp3) is 1.00. The highest BCUT2D eigenvalue weighted by molar-refractivity contribution is 4.82. The van der Waals surface area contributed by atoms with Gasteiger partial charge in [-0.1, -0.05) is 0 Å². The molecule has 0 aliphatic carbocycles. The molecule has 0 saturated carbocycles. The van der Waals surface area contributed by atoms with Crippen LogP contribution in [0.3, 0.4) is 0 Å². The third-order valence-electron chi connectivity index (χ3n) is 2.19. The van der Waals surface area contributed by atoms with Gasteiger partial charge in [0.25, 0.3) is 0 Å². The van der Waals surface area contributed by atoms with Crippen LogP contribution in [0.1, 0.15) is 20.3 Å². The van der Waals surface area contributed by atoms with Crippen molar-refractivity contribution < 1.29 is 4.39 Å². The maximum atomic E-state index is 12.9. The molecule has 0 bridgehead atoms. The van der Waals surface area contributed by atoms with Crippen LogP contribution in [0.15, 0.2) is 0 Å². The lowest BCUT2D eigenvalue weighted by atomic mass is 10.0. The number of hydrogen-bond donors (Lipinski definition) is 1. The molecule has 0 amide bonds. The molecule has 66 valence electrons. The van der Waals surface area contributed by atoms with Crippen LogP contribution in [-0.2, 0) is 0 Å². The average molecular weight is 160 g/mol. The minimum absolute atomic E-state index is 0.0288. The summed E-state index contributed by atoms with van der Waals surface area (Å²) < 4.78 is 12.9. The molecule has 0 spiro atoms. The molecule has 1 saturated heterocycles. The van der Waals surface area contributed by atoms with Gasteiger partial charge in [-0.2, -0.15) is 0 Å². The minimum atomic E-state index is -0.721. The van der Waals surface area contributed by atoms with E-state index in [1.807, 2.05) is 0 Å². The molecule has 11 heavy (non-hydrogen) atoms. The molecule has 1 aliphatic heterocycles. The second kappa shape index (κ2) is 3.50. The van der Waals surface area contributed by atoms with Crippen molar-refractivity contribution in [1.29, 1.82) is 0 Å². The quantitative estimate of drug-likeness (QED) is 0.614. The summed E-state index contributed by atoms with van der Waals surface area (Å²) in [7, 11) is 0. The van der Waals surface area contributed by atoms with Gasteiger partial charge in [0.15, 0.2) is 0 Å². The number of likely N-dealkylation sites (tertiary alicyclic amines) is 1. The molecule has 1 heterocycles. The van der Waals surface area contributed by atoms with Crippen LogP contribution >= 0.6 is 0 Å². The molecule has 1 aliphatic rings. The van der Waals surface area contributed by atoms with Gasteiger partial charge in [-0.05, 0) is 20.3 Å². The zero-order valence-corrected chi connectivity index (χ0v) is 7.26. The summed E-state index contributed by atoms with van der Waals surface area (Å²) in [5.41, 5.74) is 5.67. The zero-order valence-electron chi connectivity index (χ0n) is 7.26. The Morgan fingerprint density at radius 2 is 2.09 bits per heavy atom. The predicted octanol–water partition coefficient (Wildman–Crippen LogP) is 0.766. The Balaban J connectivity index is 2.43. The maximum absolute atomic E-state index is 12.9. The first-order valence-electron chi connectivity index (χ1n) is 4.23. The van der Waals surface area contributed by atoms with Crippen LogP contribution < -0.4 is 5.73 Å². The van der Waals surface area contributed by atoms with E-state index in [0.29, 0.717) is 19.0 Å².